The van der Waals surface area contributed by atoms with Crippen LogP contribution in [-0.2, 0) is 42.6 Å². The molecule has 3 aliphatic rings. The maximum Gasteiger partial charge on any atom is 0.237 e. The summed E-state index contributed by atoms with van der Waals surface area (Å²) in [5.74, 6) is -0.168. The van der Waals surface area contributed by atoms with Gasteiger partial charge in [0.1, 0.15) is 5.82 Å². The van der Waals surface area contributed by atoms with Crippen LogP contribution in [0.4, 0.5) is 4.39 Å². The van der Waals surface area contributed by atoms with Crippen molar-refractivity contribution < 1.29 is 9.18 Å². The Morgan fingerprint density at radius 3 is 2.00 bits per heavy atom. The lowest BCUT2D eigenvalue weighted by Crippen LogP contribution is -2.55. The molecule has 1 atom stereocenters. The monoisotopic (exact) mass is 516 g/mol. The van der Waals surface area contributed by atoms with E-state index in [-0.39, 0.29) is 29.8 Å². The average Bonchev–Trinajstić information content (AvgIpc) is 3.57. The van der Waals surface area contributed by atoms with Crippen molar-refractivity contribution in [1.82, 2.24) is 9.80 Å². The highest BCUT2D eigenvalue weighted by atomic mass is 19.1. The standard InChI is InChI=1S/C35H33FN2O/c36-33-16-8-5-13-29(33)23-38(30-21-27-11-1-2-12-28(27)22-30)34(39)24-37-20-18-26-10-4-7-15-32(26)35(37)19-17-25-9-3-6-14-31(25)35/h1-16,30H,17-24H2. The number of benzene rings is 4. The Morgan fingerprint density at radius 2 is 1.33 bits per heavy atom. The third-order valence-corrected chi connectivity index (χ3v) is 9.29. The Hall–Kier alpha value is -3.76. The van der Waals surface area contributed by atoms with Gasteiger partial charge in [0.25, 0.3) is 0 Å². The Labute approximate surface area is 229 Å². The van der Waals surface area contributed by atoms with Crippen LogP contribution in [-0.4, -0.2) is 34.8 Å². The predicted octanol–water partition coefficient (Wildman–Crippen LogP) is 6.07. The lowest BCUT2D eigenvalue weighted by Gasteiger charge is -2.47. The van der Waals surface area contributed by atoms with Crippen LogP contribution in [0.3, 0.4) is 0 Å². The number of carbonyl (C=O) groups excluding carboxylic acids is 1. The van der Waals surface area contributed by atoms with Gasteiger partial charge in [0.15, 0.2) is 0 Å². The summed E-state index contributed by atoms with van der Waals surface area (Å²) in [6, 6.07) is 32.9. The molecule has 0 fully saturated rings. The molecular weight excluding hydrogens is 483 g/mol. The third kappa shape index (κ3) is 4.09. The van der Waals surface area contributed by atoms with Crippen LogP contribution < -0.4 is 0 Å². The second-order valence-corrected chi connectivity index (χ2v) is 11.3. The van der Waals surface area contributed by atoms with Crippen LogP contribution in [0.1, 0.15) is 45.4 Å². The van der Waals surface area contributed by atoms with E-state index in [0.29, 0.717) is 12.1 Å². The SMILES string of the molecule is O=C(CN1CCc2ccccc2C12CCc1ccccc12)N(Cc1ccccc1F)C1Cc2ccccc2C1. The summed E-state index contributed by atoms with van der Waals surface area (Å²) in [6.07, 6.45) is 4.53. The van der Waals surface area contributed by atoms with E-state index in [1.54, 1.807) is 6.07 Å². The zero-order valence-electron chi connectivity index (χ0n) is 22.2. The lowest BCUT2D eigenvalue weighted by molar-refractivity contribution is -0.137. The Bertz CT molecular complexity index is 1520. The Balaban J connectivity index is 1.25. The first-order valence-electron chi connectivity index (χ1n) is 14.1. The van der Waals surface area contributed by atoms with Gasteiger partial charge in [0, 0.05) is 24.7 Å². The second-order valence-electron chi connectivity index (χ2n) is 11.3. The highest BCUT2D eigenvalue weighted by molar-refractivity contribution is 5.79. The number of hydrogen-bond acceptors (Lipinski definition) is 2. The van der Waals surface area contributed by atoms with Gasteiger partial charge in [-0.2, -0.15) is 0 Å². The van der Waals surface area contributed by atoms with E-state index in [2.05, 4.69) is 77.7 Å². The lowest BCUT2D eigenvalue weighted by atomic mass is 9.76. The van der Waals surface area contributed by atoms with Gasteiger partial charge in [-0.3, -0.25) is 9.69 Å². The second kappa shape index (κ2) is 9.77. The van der Waals surface area contributed by atoms with Crippen molar-refractivity contribution in [2.75, 3.05) is 13.1 Å². The zero-order chi connectivity index (χ0) is 26.4. The molecule has 39 heavy (non-hydrogen) atoms. The molecule has 1 amide bonds. The van der Waals surface area contributed by atoms with Gasteiger partial charge in [-0.15, -0.1) is 0 Å². The Kier molecular flexibility index (Phi) is 6.08. The molecule has 4 heteroatoms. The number of aryl methyl sites for hydroxylation is 1. The first-order valence-corrected chi connectivity index (χ1v) is 14.1. The van der Waals surface area contributed by atoms with Crippen molar-refractivity contribution in [3.05, 3.63) is 142 Å². The number of rotatable bonds is 5. The topological polar surface area (TPSA) is 23.6 Å². The molecule has 196 valence electrons. The van der Waals surface area contributed by atoms with Crippen molar-refractivity contribution in [1.29, 1.82) is 0 Å². The third-order valence-electron chi connectivity index (χ3n) is 9.29. The van der Waals surface area contributed by atoms with Gasteiger partial charge in [0.05, 0.1) is 12.1 Å². The molecule has 1 spiro atoms. The van der Waals surface area contributed by atoms with E-state index >= 15 is 0 Å². The first-order chi connectivity index (χ1) is 19.1. The molecule has 4 aromatic carbocycles. The van der Waals surface area contributed by atoms with E-state index in [9.17, 15) is 9.18 Å². The quantitative estimate of drug-likeness (QED) is 0.322. The molecule has 1 heterocycles. The smallest absolute Gasteiger partial charge is 0.237 e. The molecule has 0 bridgehead atoms. The predicted molar refractivity (Wildman–Crippen MR) is 152 cm³/mol. The number of amides is 1. The maximum absolute atomic E-state index is 14.8. The number of fused-ring (bicyclic) bond motifs is 5. The molecule has 1 aliphatic heterocycles. The van der Waals surface area contributed by atoms with Crippen molar-refractivity contribution >= 4 is 5.91 Å². The van der Waals surface area contributed by atoms with Gasteiger partial charge in [-0.1, -0.05) is 91.0 Å². The van der Waals surface area contributed by atoms with Gasteiger partial charge in [0.2, 0.25) is 5.91 Å². The summed E-state index contributed by atoms with van der Waals surface area (Å²) < 4.78 is 14.8. The summed E-state index contributed by atoms with van der Waals surface area (Å²) in [5, 5.41) is 0. The molecule has 0 saturated heterocycles. The summed E-state index contributed by atoms with van der Waals surface area (Å²) >= 11 is 0. The van der Waals surface area contributed by atoms with Crippen molar-refractivity contribution in [2.45, 2.75) is 50.2 Å². The Morgan fingerprint density at radius 1 is 0.769 bits per heavy atom. The van der Waals surface area contributed by atoms with Crippen molar-refractivity contribution in [3.63, 3.8) is 0 Å². The van der Waals surface area contributed by atoms with E-state index in [4.69, 9.17) is 0 Å². The number of nitrogens with zero attached hydrogens (tertiary/aromatic N) is 2. The van der Waals surface area contributed by atoms with E-state index in [1.807, 2.05) is 17.0 Å². The van der Waals surface area contributed by atoms with E-state index in [1.165, 1.54) is 39.4 Å². The molecule has 0 radical (unpaired) electrons. The van der Waals surface area contributed by atoms with Crippen LogP contribution in [0, 0.1) is 5.82 Å². The number of hydrogen-bond donors (Lipinski definition) is 0. The van der Waals surface area contributed by atoms with Crippen LogP contribution >= 0.6 is 0 Å². The molecule has 1 unspecified atom stereocenters. The van der Waals surface area contributed by atoms with Crippen molar-refractivity contribution in [3.8, 4) is 0 Å². The van der Waals surface area contributed by atoms with Gasteiger partial charge in [-0.25, -0.2) is 4.39 Å². The molecule has 0 N–H and O–H groups in total. The average molecular weight is 517 g/mol. The molecule has 0 aromatic heterocycles. The van der Waals surface area contributed by atoms with E-state index < -0.39 is 0 Å². The summed E-state index contributed by atoms with van der Waals surface area (Å²) in [6.45, 7) is 1.44. The summed E-state index contributed by atoms with van der Waals surface area (Å²) in [7, 11) is 0. The van der Waals surface area contributed by atoms with Crippen LogP contribution in [0.2, 0.25) is 0 Å². The maximum atomic E-state index is 14.8. The zero-order valence-corrected chi connectivity index (χ0v) is 22.2. The van der Waals surface area contributed by atoms with E-state index in [0.717, 1.165) is 38.6 Å². The fourth-order valence-electron chi connectivity index (χ4n) is 7.41. The fourth-order valence-corrected chi connectivity index (χ4v) is 7.41. The fraction of sp³-hybridized carbons (Fsp3) is 0.286. The van der Waals surface area contributed by atoms with Gasteiger partial charge in [-0.05, 0) is 71.6 Å². The van der Waals surface area contributed by atoms with Crippen LogP contribution in [0.5, 0.6) is 0 Å². The highest BCUT2D eigenvalue weighted by Gasteiger charge is 2.48. The minimum atomic E-state index is -0.302. The minimum Gasteiger partial charge on any atom is -0.333 e. The molecule has 2 aliphatic carbocycles. The summed E-state index contributed by atoms with van der Waals surface area (Å²) in [5.41, 5.74) is 8.29. The normalized spacial score (nSPS) is 20.0. The van der Waals surface area contributed by atoms with Crippen LogP contribution in [0.15, 0.2) is 97.1 Å². The number of halogens is 1. The van der Waals surface area contributed by atoms with Gasteiger partial charge >= 0.3 is 0 Å². The molecule has 3 nitrogen and oxygen atoms in total. The molecule has 7 rings (SSSR count). The largest absolute Gasteiger partial charge is 0.333 e. The number of carbonyl (C=O) groups is 1. The first kappa shape index (κ1) is 24.3. The van der Waals surface area contributed by atoms with Crippen molar-refractivity contribution in [2.24, 2.45) is 0 Å². The van der Waals surface area contributed by atoms with Crippen LogP contribution in [0.25, 0.3) is 0 Å². The molecule has 4 aromatic rings. The summed E-state index contributed by atoms with van der Waals surface area (Å²) in [4.78, 5) is 18.8. The molecular formula is C35H33FN2O. The molecule has 0 saturated carbocycles. The minimum absolute atomic E-state index is 0.0263. The van der Waals surface area contributed by atoms with Gasteiger partial charge < -0.3 is 4.90 Å². The highest BCUT2D eigenvalue weighted by Crippen LogP contribution is 2.49.